The highest BCUT2D eigenvalue weighted by molar-refractivity contribution is 7.99. The smallest absolute Gasteiger partial charge is 0.290 e. The highest BCUT2D eigenvalue weighted by Gasteiger charge is 2.16. The maximum Gasteiger partial charge on any atom is 0.290 e. The zero-order valence-corrected chi connectivity index (χ0v) is 14.7. The van der Waals surface area contributed by atoms with Crippen LogP contribution in [-0.4, -0.2) is 23.3 Å². The molecule has 0 saturated heterocycles. The molecule has 1 aromatic heterocycles. The molecule has 2 aromatic rings. The van der Waals surface area contributed by atoms with Gasteiger partial charge in [0.25, 0.3) is 11.7 Å². The van der Waals surface area contributed by atoms with Crippen LogP contribution < -0.4 is 10.1 Å². The van der Waals surface area contributed by atoms with Gasteiger partial charge in [-0.05, 0) is 48.0 Å². The number of carbonyl (C=O) groups excluding carboxylic acids is 1. The van der Waals surface area contributed by atoms with Crippen LogP contribution in [0.4, 0.5) is 8.78 Å². The first-order valence-corrected chi connectivity index (χ1v) is 8.88. The summed E-state index contributed by atoms with van der Waals surface area (Å²) >= 11 is 0.263. The molecule has 0 bridgehead atoms. The predicted molar refractivity (Wildman–Crippen MR) is 94.1 cm³/mol. The lowest BCUT2D eigenvalue weighted by molar-refractivity contribution is 0.0947. The van der Waals surface area contributed by atoms with Crippen LogP contribution in [0.15, 0.2) is 47.6 Å². The number of ether oxygens (including phenoxy) is 1. The number of amides is 1. The van der Waals surface area contributed by atoms with Gasteiger partial charge < -0.3 is 10.1 Å². The van der Waals surface area contributed by atoms with Gasteiger partial charge in [0.05, 0.1) is 12.2 Å². The molecule has 4 nitrogen and oxygen atoms in total. The molecule has 0 atom stereocenters. The minimum absolute atomic E-state index is 0.0200. The van der Waals surface area contributed by atoms with Gasteiger partial charge in [-0.25, -0.2) is 4.98 Å². The Morgan fingerprint density at radius 3 is 2.92 bits per heavy atom. The molecule has 0 spiro atoms. The summed E-state index contributed by atoms with van der Waals surface area (Å²) in [5, 5.41) is 2.75. The zero-order valence-electron chi connectivity index (χ0n) is 13.9. The predicted octanol–water partition coefficient (Wildman–Crippen LogP) is 4.51. The van der Waals surface area contributed by atoms with Gasteiger partial charge in [-0.15, -0.1) is 0 Å². The van der Waals surface area contributed by atoms with Crippen molar-refractivity contribution in [2.45, 2.75) is 37.1 Å². The van der Waals surface area contributed by atoms with Gasteiger partial charge in [0.1, 0.15) is 10.8 Å². The van der Waals surface area contributed by atoms with Crippen LogP contribution in [0.3, 0.4) is 0 Å². The van der Waals surface area contributed by atoms with E-state index >= 15 is 0 Å². The molecule has 0 aliphatic carbocycles. The van der Waals surface area contributed by atoms with Crippen molar-refractivity contribution in [1.82, 2.24) is 10.3 Å². The Bertz CT molecular complexity index is 698. The Morgan fingerprint density at radius 2 is 2.16 bits per heavy atom. The number of rotatable bonds is 9. The SMILES string of the molecule is CCCCOc1cccc(CNC(=O)c2cccnc2SC(F)F)c1. The molecule has 7 heteroatoms. The molecule has 0 saturated carbocycles. The molecule has 1 amide bonds. The average molecular weight is 366 g/mol. The van der Waals surface area contributed by atoms with E-state index < -0.39 is 11.7 Å². The van der Waals surface area contributed by atoms with Gasteiger partial charge in [0, 0.05) is 12.7 Å². The molecule has 1 N–H and O–H groups in total. The molecule has 25 heavy (non-hydrogen) atoms. The number of benzene rings is 1. The Labute approximate surface area is 150 Å². The fraction of sp³-hybridized carbons (Fsp3) is 0.333. The van der Waals surface area contributed by atoms with Gasteiger partial charge in [-0.1, -0.05) is 25.5 Å². The van der Waals surface area contributed by atoms with Crippen molar-refractivity contribution in [2.24, 2.45) is 0 Å². The third-order valence-electron chi connectivity index (χ3n) is 3.33. The monoisotopic (exact) mass is 366 g/mol. The van der Waals surface area contributed by atoms with Crippen molar-refractivity contribution in [2.75, 3.05) is 6.61 Å². The van der Waals surface area contributed by atoms with Gasteiger partial charge in [0.2, 0.25) is 0 Å². The van der Waals surface area contributed by atoms with Crippen LogP contribution in [0.2, 0.25) is 0 Å². The van der Waals surface area contributed by atoms with Gasteiger partial charge >= 0.3 is 0 Å². The fourth-order valence-electron chi connectivity index (χ4n) is 2.10. The van der Waals surface area contributed by atoms with Crippen LogP contribution in [0, 0.1) is 0 Å². The molecule has 1 heterocycles. The lowest BCUT2D eigenvalue weighted by atomic mass is 10.2. The quantitative estimate of drug-likeness (QED) is 0.524. The van der Waals surface area contributed by atoms with E-state index in [9.17, 15) is 13.6 Å². The number of carbonyl (C=O) groups is 1. The molecule has 0 radical (unpaired) electrons. The van der Waals surface area contributed by atoms with E-state index in [-0.39, 0.29) is 28.9 Å². The Morgan fingerprint density at radius 1 is 1.32 bits per heavy atom. The minimum Gasteiger partial charge on any atom is -0.494 e. The number of thioether (sulfide) groups is 1. The highest BCUT2D eigenvalue weighted by Crippen LogP contribution is 2.26. The number of nitrogens with one attached hydrogen (secondary N) is 1. The second-order valence-electron chi connectivity index (χ2n) is 5.27. The molecular weight excluding hydrogens is 346 g/mol. The number of unbranched alkanes of at least 4 members (excludes halogenated alkanes) is 1. The van der Waals surface area contributed by atoms with E-state index in [0.717, 1.165) is 24.2 Å². The average Bonchev–Trinajstić information content (AvgIpc) is 2.60. The second-order valence-corrected chi connectivity index (χ2v) is 6.25. The topological polar surface area (TPSA) is 51.2 Å². The number of nitrogens with zero attached hydrogens (tertiary/aromatic N) is 1. The Kier molecular flexibility index (Phi) is 7.66. The van der Waals surface area contributed by atoms with E-state index in [1.165, 1.54) is 12.3 Å². The zero-order chi connectivity index (χ0) is 18.1. The van der Waals surface area contributed by atoms with Crippen LogP contribution in [0.25, 0.3) is 0 Å². The molecule has 1 aromatic carbocycles. The van der Waals surface area contributed by atoms with Crippen molar-refractivity contribution < 1.29 is 18.3 Å². The van der Waals surface area contributed by atoms with Crippen LogP contribution in [0.5, 0.6) is 5.75 Å². The summed E-state index contributed by atoms with van der Waals surface area (Å²) in [6, 6.07) is 10.5. The maximum absolute atomic E-state index is 12.6. The van der Waals surface area contributed by atoms with Crippen molar-refractivity contribution >= 4 is 17.7 Å². The van der Waals surface area contributed by atoms with Crippen molar-refractivity contribution in [1.29, 1.82) is 0 Å². The van der Waals surface area contributed by atoms with Crippen molar-refractivity contribution in [3.05, 3.63) is 53.7 Å². The van der Waals surface area contributed by atoms with E-state index in [4.69, 9.17) is 4.74 Å². The minimum atomic E-state index is -2.63. The number of hydrogen-bond donors (Lipinski definition) is 1. The van der Waals surface area contributed by atoms with E-state index in [0.29, 0.717) is 6.61 Å². The summed E-state index contributed by atoms with van der Waals surface area (Å²) < 4.78 is 30.8. The number of hydrogen-bond acceptors (Lipinski definition) is 4. The number of aromatic nitrogens is 1. The van der Waals surface area contributed by atoms with Gasteiger partial charge in [-0.2, -0.15) is 8.78 Å². The van der Waals surface area contributed by atoms with Gasteiger partial charge in [0.15, 0.2) is 0 Å². The summed E-state index contributed by atoms with van der Waals surface area (Å²) in [7, 11) is 0. The van der Waals surface area contributed by atoms with E-state index in [1.807, 2.05) is 24.3 Å². The highest BCUT2D eigenvalue weighted by atomic mass is 32.2. The third kappa shape index (κ3) is 6.34. The van der Waals surface area contributed by atoms with Crippen LogP contribution >= 0.6 is 11.8 Å². The molecule has 134 valence electrons. The molecule has 0 aliphatic rings. The standard InChI is InChI=1S/C18H20F2N2O2S/c1-2-3-10-24-14-7-4-6-13(11-14)12-22-16(23)15-8-5-9-21-17(15)25-18(19)20/h4-9,11,18H,2-3,10,12H2,1H3,(H,22,23). The summed E-state index contributed by atoms with van der Waals surface area (Å²) in [4.78, 5) is 16.1. The number of halogens is 2. The Balaban J connectivity index is 1.97. The fourth-order valence-corrected chi connectivity index (χ4v) is 2.68. The second kappa shape index (κ2) is 9.98. The number of alkyl halides is 2. The first kappa shape index (κ1) is 19.2. The van der Waals surface area contributed by atoms with Crippen molar-refractivity contribution in [3.8, 4) is 5.75 Å². The maximum atomic E-state index is 12.6. The van der Waals surface area contributed by atoms with E-state index in [1.54, 1.807) is 6.07 Å². The first-order chi connectivity index (χ1) is 12.1. The van der Waals surface area contributed by atoms with Crippen molar-refractivity contribution in [3.63, 3.8) is 0 Å². The summed E-state index contributed by atoms with van der Waals surface area (Å²) in [6.07, 6.45) is 3.42. The lowest BCUT2D eigenvalue weighted by Gasteiger charge is -2.10. The third-order valence-corrected chi connectivity index (χ3v) is 4.06. The molecule has 0 fully saturated rings. The summed E-state index contributed by atoms with van der Waals surface area (Å²) in [6.45, 7) is 3.02. The van der Waals surface area contributed by atoms with Crippen LogP contribution in [0.1, 0.15) is 35.7 Å². The molecule has 0 unspecified atom stereocenters. The number of pyridine rings is 1. The molecule has 2 rings (SSSR count). The van der Waals surface area contributed by atoms with Crippen LogP contribution in [-0.2, 0) is 6.54 Å². The Hall–Kier alpha value is -2.15. The summed E-state index contributed by atoms with van der Waals surface area (Å²) in [5.41, 5.74) is 1.01. The lowest BCUT2D eigenvalue weighted by Crippen LogP contribution is -2.23. The largest absolute Gasteiger partial charge is 0.494 e. The summed E-state index contributed by atoms with van der Waals surface area (Å²) in [5.74, 6) is -2.32. The first-order valence-electron chi connectivity index (χ1n) is 8.00. The molecular formula is C18H20F2N2O2S. The molecule has 0 aliphatic heterocycles. The normalized spacial score (nSPS) is 10.7. The van der Waals surface area contributed by atoms with Gasteiger partial charge in [-0.3, -0.25) is 4.79 Å². The van der Waals surface area contributed by atoms with E-state index in [2.05, 4.69) is 17.2 Å².